The first-order valence-corrected chi connectivity index (χ1v) is 6.95. The standard InChI is InChI=1S/C17H16FN3O/c1-11-6-7-12(8-15(11)22-2)9-19-17-13-4-3-5-14(18)16(13)20-10-21-17/h3-8,10H,9H2,1-2H3,(H,19,20,21). The minimum atomic E-state index is -0.347. The fourth-order valence-electron chi connectivity index (χ4n) is 2.35. The Labute approximate surface area is 128 Å². The number of nitrogens with one attached hydrogen (secondary N) is 1. The van der Waals surface area contributed by atoms with Gasteiger partial charge in [-0.25, -0.2) is 14.4 Å². The molecular weight excluding hydrogens is 281 g/mol. The number of anilines is 1. The lowest BCUT2D eigenvalue weighted by Gasteiger charge is -2.10. The van der Waals surface area contributed by atoms with Crippen LogP contribution in [0, 0.1) is 12.7 Å². The summed E-state index contributed by atoms with van der Waals surface area (Å²) in [7, 11) is 1.65. The Kier molecular flexibility index (Phi) is 3.87. The average Bonchev–Trinajstić information content (AvgIpc) is 2.54. The predicted molar refractivity (Wildman–Crippen MR) is 84.6 cm³/mol. The second-order valence-corrected chi connectivity index (χ2v) is 5.02. The van der Waals surface area contributed by atoms with E-state index in [4.69, 9.17) is 4.74 Å². The zero-order valence-electron chi connectivity index (χ0n) is 12.4. The number of hydrogen-bond donors (Lipinski definition) is 1. The Morgan fingerprint density at radius 1 is 1.18 bits per heavy atom. The number of fused-ring (bicyclic) bond motifs is 1. The number of methoxy groups -OCH3 is 1. The Morgan fingerprint density at radius 3 is 2.86 bits per heavy atom. The summed E-state index contributed by atoms with van der Waals surface area (Å²) in [4.78, 5) is 8.19. The molecule has 0 radical (unpaired) electrons. The first-order valence-electron chi connectivity index (χ1n) is 6.95. The molecule has 0 saturated heterocycles. The molecule has 3 rings (SSSR count). The molecule has 2 aromatic carbocycles. The van der Waals surface area contributed by atoms with Crippen LogP contribution in [0.2, 0.25) is 0 Å². The van der Waals surface area contributed by atoms with Gasteiger partial charge in [0.05, 0.1) is 7.11 Å². The van der Waals surface area contributed by atoms with Crippen LogP contribution in [0.3, 0.4) is 0 Å². The van der Waals surface area contributed by atoms with Gasteiger partial charge < -0.3 is 10.1 Å². The van der Waals surface area contributed by atoms with E-state index in [-0.39, 0.29) is 5.82 Å². The molecule has 0 unspecified atom stereocenters. The lowest BCUT2D eigenvalue weighted by Crippen LogP contribution is -2.03. The molecule has 3 aromatic rings. The van der Waals surface area contributed by atoms with E-state index in [1.54, 1.807) is 19.2 Å². The molecule has 1 N–H and O–H groups in total. The third-order valence-electron chi connectivity index (χ3n) is 3.55. The van der Waals surface area contributed by atoms with Crippen molar-refractivity contribution in [1.82, 2.24) is 9.97 Å². The van der Waals surface area contributed by atoms with Gasteiger partial charge >= 0.3 is 0 Å². The van der Waals surface area contributed by atoms with E-state index in [0.717, 1.165) is 16.9 Å². The summed E-state index contributed by atoms with van der Waals surface area (Å²) >= 11 is 0. The van der Waals surface area contributed by atoms with Gasteiger partial charge in [0.1, 0.15) is 29.2 Å². The van der Waals surface area contributed by atoms with Crippen molar-refractivity contribution in [2.45, 2.75) is 13.5 Å². The fraction of sp³-hybridized carbons (Fsp3) is 0.176. The van der Waals surface area contributed by atoms with Gasteiger partial charge in [-0.15, -0.1) is 0 Å². The molecule has 0 aliphatic heterocycles. The van der Waals surface area contributed by atoms with Crippen LogP contribution in [-0.4, -0.2) is 17.1 Å². The highest BCUT2D eigenvalue weighted by atomic mass is 19.1. The number of ether oxygens (including phenoxy) is 1. The Balaban J connectivity index is 1.87. The lowest BCUT2D eigenvalue weighted by molar-refractivity contribution is 0.411. The quantitative estimate of drug-likeness (QED) is 0.797. The summed E-state index contributed by atoms with van der Waals surface area (Å²) in [6, 6.07) is 10.9. The number of rotatable bonds is 4. The zero-order chi connectivity index (χ0) is 15.5. The van der Waals surface area contributed by atoms with Gasteiger partial charge in [-0.3, -0.25) is 0 Å². The lowest BCUT2D eigenvalue weighted by atomic mass is 10.1. The van der Waals surface area contributed by atoms with Crippen LogP contribution in [0.25, 0.3) is 10.9 Å². The number of hydrogen-bond acceptors (Lipinski definition) is 4. The van der Waals surface area contributed by atoms with Crippen molar-refractivity contribution in [3.8, 4) is 5.75 Å². The fourth-order valence-corrected chi connectivity index (χ4v) is 2.35. The number of aryl methyl sites for hydroxylation is 1. The first kappa shape index (κ1) is 14.3. The molecule has 0 fully saturated rings. The minimum Gasteiger partial charge on any atom is -0.496 e. The van der Waals surface area contributed by atoms with Crippen molar-refractivity contribution >= 4 is 16.7 Å². The van der Waals surface area contributed by atoms with E-state index < -0.39 is 0 Å². The molecule has 0 aliphatic rings. The number of halogens is 1. The van der Waals surface area contributed by atoms with Crippen molar-refractivity contribution in [2.24, 2.45) is 0 Å². The van der Waals surface area contributed by atoms with Crippen LogP contribution in [0.4, 0.5) is 10.2 Å². The highest BCUT2D eigenvalue weighted by Gasteiger charge is 2.07. The molecular formula is C17H16FN3O. The minimum absolute atomic E-state index is 0.321. The summed E-state index contributed by atoms with van der Waals surface area (Å²) in [5.41, 5.74) is 2.47. The van der Waals surface area contributed by atoms with Crippen molar-refractivity contribution < 1.29 is 9.13 Å². The maximum Gasteiger partial charge on any atom is 0.149 e. The van der Waals surface area contributed by atoms with Crippen LogP contribution in [0.15, 0.2) is 42.7 Å². The van der Waals surface area contributed by atoms with Crippen molar-refractivity contribution in [2.75, 3.05) is 12.4 Å². The van der Waals surface area contributed by atoms with E-state index in [2.05, 4.69) is 15.3 Å². The molecule has 5 heteroatoms. The molecule has 112 valence electrons. The number of para-hydroxylation sites is 1. The second-order valence-electron chi connectivity index (χ2n) is 5.02. The number of benzene rings is 2. The third-order valence-corrected chi connectivity index (χ3v) is 3.55. The predicted octanol–water partition coefficient (Wildman–Crippen LogP) is 3.70. The monoisotopic (exact) mass is 297 g/mol. The summed E-state index contributed by atoms with van der Waals surface area (Å²) in [5.74, 6) is 1.11. The Bertz CT molecular complexity index is 820. The van der Waals surface area contributed by atoms with E-state index in [1.165, 1.54) is 12.4 Å². The van der Waals surface area contributed by atoms with Crippen molar-refractivity contribution in [3.05, 3.63) is 59.7 Å². The topological polar surface area (TPSA) is 47.0 Å². The van der Waals surface area contributed by atoms with E-state index >= 15 is 0 Å². The third kappa shape index (κ3) is 2.70. The number of aromatic nitrogens is 2. The van der Waals surface area contributed by atoms with Crippen LogP contribution in [-0.2, 0) is 6.54 Å². The Morgan fingerprint density at radius 2 is 2.05 bits per heavy atom. The second kappa shape index (κ2) is 5.97. The summed E-state index contributed by atoms with van der Waals surface area (Å²) in [6.45, 7) is 2.57. The molecule has 22 heavy (non-hydrogen) atoms. The maximum atomic E-state index is 13.7. The van der Waals surface area contributed by atoms with Gasteiger partial charge in [0.25, 0.3) is 0 Å². The zero-order valence-corrected chi connectivity index (χ0v) is 12.4. The first-order chi connectivity index (χ1) is 10.7. The van der Waals surface area contributed by atoms with Crippen LogP contribution < -0.4 is 10.1 Å². The average molecular weight is 297 g/mol. The van der Waals surface area contributed by atoms with Gasteiger partial charge in [0.2, 0.25) is 0 Å². The largest absolute Gasteiger partial charge is 0.496 e. The molecule has 0 amide bonds. The molecule has 0 saturated carbocycles. The number of nitrogens with zero attached hydrogens (tertiary/aromatic N) is 2. The highest BCUT2D eigenvalue weighted by molar-refractivity contribution is 5.89. The maximum absolute atomic E-state index is 13.7. The SMILES string of the molecule is COc1cc(CNc2ncnc3c(F)cccc23)ccc1C. The molecule has 4 nitrogen and oxygen atoms in total. The summed E-state index contributed by atoms with van der Waals surface area (Å²) in [5, 5.41) is 3.90. The highest BCUT2D eigenvalue weighted by Crippen LogP contribution is 2.23. The van der Waals surface area contributed by atoms with Gasteiger partial charge in [0.15, 0.2) is 0 Å². The van der Waals surface area contributed by atoms with Crippen LogP contribution >= 0.6 is 0 Å². The molecule has 1 heterocycles. The van der Waals surface area contributed by atoms with Crippen molar-refractivity contribution in [1.29, 1.82) is 0 Å². The van der Waals surface area contributed by atoms with Gasteiger partial charge in [-0.1, -0.05) is 18.2 Å². The summed E-state index contributed by atoms with van der Waals surface area (Å²) < 4.78 is 19.1. The summed E-state index contributed by atoms with van der Waals surface area (Å²) in [6.07, 6.45) is 1.36. The van der Waals surface area contributed by atoms with E-state index in [0.29, 0.717) is 23.3 Å². The molecule has 0 spiro atoms. The van der Waals surface area contributed by atoms with Crippen LogP contribution in [0.5, 0.6) is 5.75 Å². The molecule has 1 aromatic heterocycles. The Hall–Kier alpha value is -2.69. The van der Waals surface area contributed by atoms with Crippen molar-refractivity contribution in [3.63, 3.8) is 0 Å². The van der Waals surface area contributed by atoms with E-state index in [9.17, 15) is 4.39 Å². The van der Waals surface area contributed by atoms with Gasteiger partial charge in [0, 0.05) is 11.9 Å². The van der Waals surface area contributed by atoms with Gasteiger partial charge in [-0.05, 0) is 36.2 Å². The molecule has 0 bridgehead atoms. The van der Waals surface area contributed by atoms with Gasteiger partial charge in [-0.2, -0.15) is 0 Å². The normalized spacial score (nSPS) is 10.7. The van der Waals surface area contributed by atoms with Crippen LogP contribution in [0.1, 0.15) is 11.1 Å². The van der Waals surface area contributed by atoms with E-state index in [1.807, 2.05) is 25.1 Å². The smallest absolute Gasteiger partial charge is 0.149 e. The molecule has 0 atom stereocenters. The molecule has 0 aliphatic carbocycles.